The van der Waals surface area contributed by atoms with Gasteiger partial charge < -0.3 is 5.73 Å². The Morgan fingerprint density at radius 3 is 2.22 bits per heavy atom. The molecule has 0 fully saturated rings. The molecule has 0 bridgehead atoms. The molecule has 0 saturated heterocycles. The number of rotatable bonds is 3. The van der Waals surface area contributed by atoms with Crippen LogP contribution in [0.3, 0.4) is 0 Å². The van der Waals surface area contributed by atoms with E-state index in [1.807, 2.05) is 11.3 Å². The zero-order chi connectivity index (χ0) is 13.2. The first-order valence-corrected chi connectivity index (χ1v) is 7.22. The molecular weight excluding hydrogens is 238 g/mol. The van der Waals surface area contributed by atoms with Crippen LogP contribution in [0, 0.1) is 0 Å². The van der Waals surface area contributed by atoms with E-state index in [0.29, 0.717) is 0 Å². The van der Waals surface area contributed by atoms with Crippen LogP contribution < -0.4 is 5.73 Å². The minimum absolute atomic E-state index is 0.221. The molecule has 96 valence electrons. The minimum atomic E-state index is 0.221. The summed E-state index contributed by atoms with van der Waals surface area (Å²) >= 11 is 1.84. The largest absolute Gasteiger partial charge is 0.330 e. The van der Waals surface area contributed by atoms with Crippen molar-refractivity contribution in [1.82, 2.24) is 0 Å². The number of benzene rings is 1. The topological polar surface area (TPSA) is 26.0 Å². The predicted molar refractivity (Wildman–Crippen MR) is 81.2 cm³/mol. The molecule has 2 aromatic rings. The van der Waals surface area contributed by atoms with Crippen LogP contribution in [0.15, 0.2) is 36.4 Å². The second-order valence-electron chi connectivity index (χ2n) is 5.63. The maximum atomic E-state index is 5.58. The second kappa shape index (κ2) is 5.25. The summed E-state index contributed by atoms with van der Waals surface area (Å²) in [5, 5.41) is 0. The Hall–Kier alpha value is -1.12. The van der Waals surface area contributed by atoms with E-state index in [1.165, 1.54) is 20.9 Å². The van der Waals surface area contributed by atoms with Gasteiger partial charge in [0.25, 0.3) is 0 Å². The number of thiophene rings is 1. The third-order valence-corrected chi connectivity index (χ3v) is 4.28. The third kappa shape index (κ3) is 3.01. The fourth-order valence-corrected chi connectivity index (χ4v) is 2.97. The highest BCUT2D eigenvalue weighted by Gasteiger charge is 2.13. The molecule has 0 atom stereocenters. The van der Waals surface area contributed by atoms with Crippen LogP contribution in [0.5, 0.6) is 0 Å². The lowest BCUT2D eigenvalue weighted by Gasteiger charge is -2.18. The molecule has 2 rings (SSSR count). The van der Waals surface area contributed by atoms with Crippen LogP contribution in [-0.4, -0.2) is 6.54 Å². The van der Waals surface area contributed by atoms with E-state index < -0.39 is 0 Å². The van der Waals surface area contributed by atoms with Crippen molar-refractivity contribution < 1.29 is 0 Å². The molecule has 1 aromatic carbocycles. The highest BCUT2D eigenvalue weighted by molar-refractivity contribution is 7.15. The first-order valence-electron chi connectivity index (χ1n) is 6.40. The average molecular weight is 259 g/mol. The molecule has 1 aromatic heterocycles. The summed E-state index contributed by atoms with van der Waals surface area (Å²) in [6.07, 6.45) is 0.977. The Morgan fingerprint density at radius 1 is 1.00 bits per heavy atom. The van der Waals surface area contributed by atoms with Crippen LogP contribution in [0.1, 0.15) is 31.2 Å². The van der Waals surface area contributed by atoms with Gasteiger partial charge in [-0.2, -0.15) is 0 Å². The van der Waals surface area contributed by atoms with Crippen molar-refractivity contribution in [2.24, 2.45) is 5.73 Å². The SMILES string of the molecule is CC(C)(C)c1ccc(-c2ccc(CCN)s2)cc1. The Bertz CT molecular complexity index is 503. The van der Waals surface area contributed by atoms with Gasteiger partial charge in [-0.25, -0.2) is 0 Å². The van der Waals surface area contributed by atoms with Gasteiger partial charge in [0.1, 0.15) is 0 Å². The van der Waals surface area contributed by atoms with Gasteiger partial charge in [0.2, 0.25) is 0 Å². The van der Waals surface area contributed by atoms with E-state index in [0.717, 1.165) is 13.0 Å². The highest BCUT2D eigenvalue weighted by Crippen LogP contribution is 2.30. The first-order chi connectivity index (χ1) is 8.50. The number of nitrogens with two attached hydrogens (primary N) is 1. The summed E-state index contributed by atoms with van der Waals surface area (Å²) in [7, 11) is 0. The van der Waals surface area contributed by atoms with Gasteiger partial charge in [0, 0.05) is 9.75 Å². The van der Waals surface area contributed by atoms with E-state index >= 15 is 0 Å². The standard InChI is InChI=1S/C16H21NS/c1-16(2,3)13-6-4-12(5-7-13)15-9-8-14(18-15)10-11-17/h4-9H,10-11,17H2,1-3H3. The summed E-state index contributed by atoms with van der Waals surface area (Å²) in [5.74, 6) is 0. The average Bonchev–Trinajstić information content (AvgIpc) is 2.77. The summed E-state index contributed by atoms with van der Waals surface area (Å²) < 4.78 is 0. The van der Waals surface area contributed by atoms with E-state index in [9.17, 15) is 0 Å². The third-order valence-electron chi connectivity index (χ3n) is 3.09. The smallest absolute Gasteiger partial charge is 0.0345 e. The van der Waals surface area contributed by atoms with Crippen molar-refractivity contribution in [2.75, 3.05) is 6.54 Å². The molecule has 1 nitrogen and oxygen atoms in total. The normalized spacial score (nSPS) is 11.8. The molecule has 0 amide bonds. The molecule has 2 heteroatoms. The molecular formula is C16H21NS. The van der Waals surface area contributed by atoms with Crippen molar-refractivity contribution in [3.8, 4) is 10.4 Å². The lowest BCUT2D eigenvalue weighted by molar-refractivity contribution is 0.590. The van der Waals surface area contributed by atoms with Crippen molar-refractivity contribution in [3.63, 3.8) is 0 Å². The van der Waals surface area contributed by atoms with E-state index in [2.05, 4.69) is 57.2 Å². The van der Waals surface area contributed by atoms with Crippen molar-refractivity contribution in [3.05, 3.63) is 46.8 Å². The zero-order valence-corrected chi connectivity index (χ0v) is 12.2. The van der Waals surface area contributed by atoms with Crippen LogP contribution in [0.25, 0.3) is 10.4 Å². The van der Waals surface area contributed by atoms with Crippen LogP contribution in [-0.2, 0) is 11.8 Å². The molecule has 1 heterocycles. The Kier molecular flexibility index (Phi) is 3.88. The Labute approximate surface area is 114 Å². The molecule has 0 spiro atoms. The summed E-state index contributed by atoms with van der Waals surface area (Å²) in [6.45, 7) is 7.45. The highest BCUT2D eigenvalue weighted by atomic mass is 32.1. The maximum Gasteiger partial charge on any atom is 0.0345 e. The number of hydrogen-bond donors (Lipinski definition) is 1. The van der Waals surface area contributed by atoms with Gasteiger partial charge in [-0.15, -0.1) is 11.3 Å². The van der Waals surface area contributed by atoms with Crippen molar-refractivity contribution in [2.45, 2.75) is 32.6 Å². The fraction of sp³-hybridized carbons (Fsp3) is 0.375. The van der Waals surface area contributed by atoms with E-state index in [4.69, 9.17) is 5.73 Å². The lowest BCUT2D eigenvalue weighted by Crippen LogP contribution is -2.10. The summed E-state index contributed by atoms with van der Waals surface area (Å²) in [6, 6.07) is 13.3. The van der Waals surface area contributed by atoms with Gasteiger partial charge in [-0.1, -0.05) is 45.0 Å². The quantitative estimate of drug-likeness (QED) is 0.877. The Balaban J connectivity index is 2.23. The van der Waals surface area contributed by atoms with Crippen molar-refractivity contribution >= 4 is 11.3 Å². The van der Waals surface area contributed by atoms with Gasteiger partial charge in [0.15, 0.2) is 0 Å². The zero-order valence-electron chi connectivity index (χ0n) is 11.4. The molecule has 0 radical (unpaired) electrons. The van der Waals surface area contributed by atoms with Gasteiger partial charge >= 0.3 is 0 Å². The first kappa shape index (κ1) is 13.3. The second-order valence-corrected chi connectivity index (χ2v) is 6.80. The number of hydrogen-bond acceptors (Lipinski definition) is 2. The van der Waals surface area contributed by atoms with Crippen LogP contribution >= 0.6 is 11.3 Å². The molecule has 0 unspecified atom stereocenters. The molecule has 2 N–H and O–H groups in total. The molecule has 0 saturated carbocycles. The van der Waals surface area contributed by atoms with Crippen molar-refractivity contribution in [1.29, 1.82) is 0 Å². The molecule has 0 aliphatic carbocycles. The van der Waals surface area contributed by atoms with Gasteiger partial charge in [0.05, 0.1) is 0 Å². The fourth-order valence-electron chi connectivity index (χ4n) is 1.94. The Morgan fingerprint density at radius 2 is 1.67 bits per heavy atom. The summed E-state index contributed by atoms with van der Waals surface area (Å²) in [4.78, 5) is 2.70. The van der Waals surface area contributed by atoms with E-state index in [-0.39, 0.29) is 5.41 Å². The molecule has 0 aliphatic rings. The minimum Gasteiger partial charge on any atom is -0.330 e. The summed E-state index contributed by atoms with van der Waals surface area (Å²) in [5.41, 5.74) is 8.49. The van der Waals surface area contributed by atoms with Gasteiger partial charge in [-0.3, -0.25) is 0 Å². The maximum absolute atomic E-state index is 5.58. The van der Waals surface area contributed by atoms with Gasteiger partial charge in [-0.05, 0) is 41.6 Å². The predicted octanol–water partition coefficient (Wildman–Crippen LogP) is 4.21. The molecule has 18 heavy (non-hydrogen) atoms. The van der Waals surface area contributed by atoms with Crippen LogP contribution in [0.4, 0.5) is 0 Å². The molecule has 0 aliphatic heterocycles. The monoisotopic (exact) mass is 259 g/mol. The van der Waals surface area contributed by atoms with E-state index in [1.54, 1.807) is 0 Å². The van der Waals surface area contributed by atoms with Crippen LogP contribution in [0.2, 0.25) is 0 Å². The lowest BCUT2D eigenvalue weighted by atomic mass is 9.86.